The van der Waals surface area contributed by atoms with E-state index in [0.717, 1.165) is 12.8 Å². The molecule has 1 N–H and O–H groups in total. The molecule has 0 amide bonds. The fraction of sp³-hybridized carbons (Fsp3) is 0.938. The van der Waals surface area contributed by atoms with E-state index in [1.54, 1.807) is 0 Å². The van der Waals surface area contributed by atoms with Crippen LogP contribution in [-0.4, -0.2) is 40.5 Å². The molecule has 4 rings (SSSR count). The normalized spacial score (nSPS) is 53.8. The number of ketones is 1. The molecule has 4 aliphatic rings. The Hall–Kier alpha value is -0.410. The average molecular weight is 263 g/mol. The summed E-state index contributed by atoms with van der Waals surface area (Å²) in [6, 6.07) is 0. The van der Waals surface area contributed by atoms with Crippen molar-refractivity contribution in [2.24, 2.45) is 23.7 Å². The summed E-state index contributed by atoms with van der Waals surface area (Å²) in [7, 11) is 0. The molecule has 3 nitrogen and oxygen atoms in total. The Labute approximate surface area is 115 Å². The molecule has 0 radical (unpaired) electrons. The van der Waals surface area contributed by atoms with Crippen molar-refractivity contribution < 1.29 is 9.90 Å². The summed E-state index contributed by atoms with van der Waals surface area (Å²) in [4.78, 5) is 15.2. The lowest BCUT2D eigenvalue weighted by molar-refractivity contribution is -0.196. The minimum Gasteiger partial charge on any atom is -0.393 e. The van der Waals surface area contributed by atoms with Gasteiger partial charge in [-0.25, -0.2) is 0 Å². The van der Waals surface area contributed by atoms with Crippen LogP contribution in [0, 0.1) is 23.7 Å². The maximum atomic E-state index is 12.5. The van der Waals surface area contributed by atoms with Gasteiger partial charge >= 0.3 is 0 Å². The first-order valence-electron chi connectivity index (χ1n) is 8.11. The maximum Gasteiger partial charge on any atom is 0.139 e. The summed E-state index contributed by atoms with van der Waals surface area (Å²) < 4.78 is 0. The van der Waals surface area contributed by atoms with Gasteiger partial charge in [-0.15, -0.1) is 0 Å². The van der Waals surface area contributed by atoms with Gasteiger partial charge in [-0.1, -0.05) is 6.92 Å². The molecule has 0 unspecified atom stereocenters. The molecule has 0 aromatic heterocycles. The Morgan fingerprint density at radius 1 is 1.21 bits per heavy atom. The van der Waals surface area contributed by atoms with Crippen LogP contribution in [0.15, 0.2) is 0 Å². The van der Waals surface area contributed by atoms with E-state index >= 15 is 0 Å². The summed E-state index contributed by atoms with van der Waals surface area (Å²) in [5.41, 5.74) is 0.173. The smallest absolute Gasteiger partial charge is 0.139 e. The molecule has 4 fully saturated rings. The van der Waals surface area contributed by atoms with Crippen LogP contribution in [0.3, 0.4) is 0 Å². The Balaban J connectivity index is 1.83. The van der Waals surface area contributed by atoms with E-state index in [-0.39, 0.29) is 23.5 Å². The Bertz CT molecular complexity index is 408. The van der Waals surface area contributed by atoms with Crippen molar-refractivity contribution in [3.63, 3.8) is 0 Å². The molecule has 1 spiro atoms. The highest BCUT2D eigenvalue weighted by Crippen LogP contribution is 2.59. The van der Waals surface area contributed by atoms with Crippen LogP contribution in [0.1, 0.15) is 45.4 Å². The zero-order chi connectivity index (χ0) is 13.2. The van der Waals surface area contributed by atoms with Crippen molar-refractivity contribution in [1.29, 1.82) is 0 Å². The van der Waals surface area contributed by atoms with Crippen LogP contribution in [-0.2, 0) is 4.79 Å². The molecular weight excluding hydrogens is 238 g/mol. The lowest BCUT2D eigenvalue weighted by atomic mass is 9.48. The number of piperidine rings is 2. The first kappa shape index (κ1) is 12.3. The number of aliphatic hydroxyl groups excluding tert-OH is 1. The number of Topliss-reactive ketones (excluding diaryl/α,β-unsaturated/α-hetero) is 1. The van der Waals surface area contributed by atoms with Crippen molar-refractivity contribution in [2.45, 2.75) is 57.1 Å². The Morgan fingerprint density at radius 3 is 2.63 bits per heavy atom. The second-order valence-corrected chi connectivity index (χ2v) is 7.39. The lowest BCUT2D eigenvalue weighted by Gasteiger charge is -2.67. The topological polar surface area (TPSA) is 40.5 Å². The van der Waals surface area contributed by atoms with Crippen molar-refractivity contribution >= 4 is 5.78 Å². The van der Waals surface area contributed by atoms with Crippen molar-refractivity contribution in [3.8, 4) is 0 Å². The van der Waals surface area contributed by atoms with E-state index < -0.39 is 0 Å². The first-order chi connectivity index (χ1) is 9.14. The fourth-order valence-corrected chi connectivity index (χ4v) is 6.14. The summed E-state index contributed by atoms with van der Waals surface area (Å²) in [5.74, 6) is 1.77. The van der Waals surface area contributed by atoms with Gasteiger partial charge in [0.15, 0.2) is 0 Å². The van der Waals surface area contributed by atoms with Crippen LogP contribution in [0.25, 0.3) is 0 Å². The number of hydrogen-bond acceptors (Lipinski definition) is 3. The van der Waals surface area contributed by atoms with Gasteiger partial charge in [-0.2, -0.15) is 0 Å². The second kappa shape index (κ2) is 4.05. The quantitative estimate of drug-likeness (QED) is 0.725. The van der Waals surface area contributed by atoms with Gasteiger partial charge in [0, 0.05) is 23.3 Å². The Morgan fingerprint density at radius 2 is 1.89 bits per heavy atom. The third kappa shape index (κ3) is 1.43. The molecule has 0 aromatic rings. The highest BCUT2D eigenvalue weighted by molar-refractivity contribution is 5.85. The summed E-state index contributed by atoms with van der Waals surface area (Å²) in [6.45, 7) is 4.50. The molecule has 2 aliphatic heterocycles. The molecule has 2 heterocycles. The molecular formula is C16H25NO2. The molecule has 0 aromatic carbocycles. The van der Waals surface area contributed by atoms with Crippen LogP contribution < -0.4 is 0 Å². The van der Waals surface area contributed by atoms with Gasteiger partial charge in [-0.05, 0) is 57.5 Å². The van der Waals surface area contributed by atoms with E-state index in [2.05, 4.69) is 11.8 Å². The van der Waals surface area contributed by atoms with E-state index in [0.29, 0.717) is 17.6 Å². The van der Waals surface area contributed by atoms with Crippen molar-refractivity contribution in [2.75, 3.05) is 13.1 Å². The van der Waals surface area contributed by atoms with Crippen molar-refractivity contribution in [3.05, 3.63) is 0 Å². The zero-order valence-electron chi connectivity index (χ0n) is 11.8. The SMILES string of the molecule is C[C@H]1C[C@]23[C@H]4CCCN2CCC[C@H]3[C@@H](O)C[C@@H]4C1=O. The number of hydrogen-bond donors (Lipinski definition) is 1. The minimum atomic E-state index is -0.237. The van der Waals surface area contributed by atoms with Gasteiger partial charge < -0.3 is 5.11 Å². The second-order valence-electron chi connectivity index (χ2n) is 7.39. The zero-order valence-corrected chi connectivity index (χ0v) is 11.8. The Kier molecular flexibility index (Phi) is 2.63. The van der Waals surface area contributed by atoms with Crippen LogP contribution in [0.4, 0.5) is 0 Å². The number of rotatable bonds is 0. The predicted molar refractivity (Wildman–Crippen MR) is 72.7 cm³/mol. The molecule has 2 bridgehead atoms. The molecule has 3 heteroatoms. The molecule has 6 atom stereocenters. The van der Waals surface area contributed by atoms with Gasteiger partial charge in [0.25, 0.3) is 0 Å². The monoisotopic (exact) mass is 263 g/mol. The first-order valence-corrected chi connectivity index (χ1v) is 8.11. The van der Waals surface area contributed by atoms with E-state index in [1.807, 2.05) is 0 Å². The third-order valence-electron chi connectivity index (χ3n) is 6.69. The number of carbonyl (C=O) groups excluding carboxylic acids is 1. The number of aliphatic hydroxyl groups is 1. The predicted octanol–water partition coefficient (Wildman–Crippen LogP) is 1.84. The molecule has 2 aliphatic carbocycles. The fourth-order valence-electron chi connectivity index (χ4n) is 6.14. The third-order valence-corrected chi connectivity index (χ3v) is 6.69. The highest BCUT2D eigenvalue weighted by atomic mass is 16.3. The van der Waals surface area contributed by atoms with Crippen molar-refractivity contribution in [1.82, 2.24) is 4.90 Å². The average Bonchev–Trinajstić information content (AvgIpc) is 2.40. The molecule has 106 valence electrons. The van der Waals surface area contributed by atoms with E-state index in [4.69, 9.17) is 0 Å². The van der Waals surface area contributed by atoms with Crippen LogP contribution in [0.2, 0.25) is 0 Å². The highest BCUT2D eigenvalue weighted by Gasteiger charge is 2.64. The standard InChI is InChI=1S/C16H25NO2/c1-10-9-16-12-4-2-6-17(16)7-3-5-13(16)14(18)8-11(12)15(10)19/h10-14,18H,2-9H2,1H3/t10-,11-,12-,13-,14-,16+/m0/s1. The van der Waals surface area contributed by atoms with E-state index in [9.17, 15) is 9.90 Å². The van der Waals surface area contributed by atoms with Gasteiger partial charge in [0.2, 0.25) is 0 Å². The van der Waals surface area contributed by atoms with Gasteiger partial charge in [0.05, 0.1) is 6.10 Å². The van der Waals surface area contributed by atoms with Gasteiger partial charge in [-0.3, -0.25) is 9.69 Å². The van der Waals surface area contributed by atoms with E-state index in [1.165, 1.54) is 38.8 Å². The van der Waals surface area contributed by atoms with Crippen LogP contribution in [0.5, 0.6) is 0 Å². The maximum absolute atomic E-state index is 12.5. The van der Waals surface area contributed by atoms with Crippen LogP contribution >= 0.6 is 0 Å². The number of carbonyl (C=O) groups is 1. The summed E-state index contributed by atoms with van der Waals surface area (Å²) in [6.07, 6.45) is 6.36. The molecule has 19 heavy (non-hydrogen) atoms. The summed E-state index contributed by atoms with van der Waals surface area (Å²) in [5, 5.41) is 10.6. The largest absolute Gasteiger partial charge is 0.393 e. The molecule has 2 saturated heterocycles. The number of nitrogens with zero attached hydrogens (tertiary/aromatic N) is 1. The molecule has 2 saturated carbocycles. The minimum absolute atomic E-state index is 0.149. The lowest BCUT2D eigenvalue weighted by Crippen LogP contribution is -2.73. The van der Waals surface area contributed by atoms with Gasteiger partial charge in [0.1, 0.15) is 5.78 Å². The summed E-state index contributed by atoms with van der Waals surface area (Å²) >= 11 is 0.